The summed E-state index contributed by atoms with van der Waals surface area (Å²) in [6.07, 6.45) is -0.990. The summed E-state index contributed by atoms with van der Waals surface area (Å²) >= 11 is 5.58. The average molecular weight is 288 g/mol. The second-order valence-electron chi connectivity index (χ2n) is 4.30. The summed E-state index contributed by atoms with van der Waals surface area (Å²) in [4.78, 5) is 24.1. The predicted molar refractivity (Wildman–Crippen MR) is 64.5 cm³/mol. The van der Waals surface area contributed by atoms with Gasteiger partial charge in [0.1, 0.15) is 6.04 Å². The number of aliphatic hydroxyl groups excluding tert-OH is 1. The van der Waals surface area contributed by atoms with Gasteiger partial charge in [-0.3, -0.25) is 4.79 Å². The van der Waals surface area contributed by atoms with Crippen LogP contribution in [-0.2, 0) is 4.79 Å². The standard InChI is InChI=1S/C12H11ClFNO4/c13-8-3-1-2-7(10(8)14)11(17)15-5-6(16)4-9(15)12(18)19/h1-3,6,9,16H,4-5H2,(H,18,19). The molecule has 1 fully saturated rings. The number of carboxylic acid groups (broad SMARTS) is 1. The molecule has 1 aliphatic rings. The number of aliphatic hydroxyl groups is 1. The quantitative estimate of drug-likeness (QED) is 0.855. The molecule has 0 radical (unpaired) electrons. The minimum atomic E-state index is -1.23. The smallest absolute Gasteiger partial charge is 0.326 e. The van der Waals surface area contributed by atoms with Gasteiger partial charge in [-0.1, -0.05) is 17.7 Å². The summed E-state index contributed by atoms with van der Waals surface area (Å²) in [5.74, 6) is -2.91. The van der Waals surface area contributed by atoms with E-state index in [2.05, 4.69) is 0 Å². The lowest BCUT2D eigenvalue weighted by molar-refractivity contribution is -0.141. The van der Waals surface area contributed by atoms with Gasteiger partial charge in [0.25, 0.3) is 5.91 Å². The first-order chi connectivity index (χ1) is 8.91. The predicted octanol–water partition coefficient (Wildman–Crippen LogP) is 1.14. The monoisotopic (exact) mass is 287 g/mol. The van der Waals surface area contributed by atoms with Crippen molar-refractivity contribution in [3.05, 3.63) is 34.6 Å². The van der Waals surface area contributed by atoms with E-state index in [0.29, 0.717) is 0 Å². The largest absolute Gasteiger partial charge is 0.480 e. The van der Waals surface area contributed by atoms with Gasteiger partial charge in [-0.05, 0) is 12.1 Å². The van der Waals surface area contributed by atoms with Crippen LogP contribution in [0.2, 0.25) is 5.02 Å². The van der Waals surface area contributed by atoms with Gasteiger partial charge in [0.2, 0.25) is 0 Å². The highest BCUT2D eigenvalue weighted by Crippen LogP contribution is 2.24. The second-order valence-corrected chi connectivity index (χ2v) is 4.71. The molecule has 19 heavy (non-hydrogen) atoms. The highest BCUT2D eigenvalue weighted by atomic mass is 35.5. The second kappa shape index (κ2) is 5.14. The molecular formula is C12H11ClFNO4. The van der Waals surface area contributed by atoms with Gasteiger partial charge in [0.15, 0.2) is 5.82 Å². The number of carbonyl (C=O) groups is 2. The van der Waals surface area contributed by atoms with E-state index < -0.39 is 29.8 Å². The first kappa shape index (κ1) is 13.8. The van der Waals surface area contributed by atoms with Gasteiger partial charge >= 0.3 is 5.97 Å². The van der Waals surface area contributed by atoms with E-state index >= 15 is 0 Å². The third-order valence-electron chi connectivity index (χ3n) is 3.01. The minimum Gasteiger partial charge on any atom is -0.480 e. The molecular weight excluding hydrogens is 277 g/mol. The Labute approximate surface area is 113 Å². The molecule has 1 aromatic rings. The van der Waals surface area contributed by atoms with E-state index in [-0.39, 0.29) is 23.6 Å². The molecule has 0 bridgehead atoms. The summed E-state index contributed by atoms with van der Waals surface area (Å²) < 4.78 is 13.7. The van der Waals surface area contributed by atoms with Crippen molar-refractivity contribution in [3.8, 4) is 0 Å². The lowest BCUT2D eigenvalue weighted by atomic mass is 10.1. The van der Waals surface area contributed by atoms with Crippen LogP contribution in [0.1, 0.15) is 16.8 Å². The molecule has 0 saturated carbocycles. The zero-order chi connectivity index (χ0) is 14.2. The van der Waals surface area contributed by atoms with Crippen molar-refractivity contribution < 1.29 is 24.2 Å². The fraction of sp³-hybridized carbons (Fsp3) is 0.333. The topological polar surface area (TPSA) is 77.8 Å². The molecule has 0 spiro atoms. The highest BCUT2D eigenvalue weighted by Gasteiger charge is 2.39. The van der Waals surface area contributed by atoms with Crippen LogP contribution in [0.25, 0.3) is 0 Å². The number of hydrogen-bond donors (Lipinski definition) is 2. The molecule has 2 unspecified atom stereocenters. The first-order valence-corrected chi connectivity index (χ1v) is 5.95. The third kappa shape index (κ3) is 2.54. The van der Waals surface area contributed by atoms with Crippen LogP contribution in [-0.4, -0.2) is 45.7 Å². The Bertz CT molecular complexity index is 536. The van der Waals surface area contributed by atoms with Crippen LogP contribution in [0.3, 0.4) is 0 Å². The summed E-state index contributed by atoms with van der Waals surface area (Å²) in [7, 11) is 0. The van der Waals surface area contributed by atoms with Crippen molar-refractivity contribution in [2.45, 2.75) is 18.6 Å². The fourth-order valence-electron chi connectivity index (χ4n) is 2.10. The van der Waals surface area contributed by atoms with E-state index in [9.17, 15) is 19.1 Å². The molecule has 1 aliphatic heterocycles. The minimum absolute atomic E-state index is 0.0662. The van der Waals surface area contributed by atoms with Crippen molar-refractivity contribution in [2.75, 3.05) is 6.54 Å². The van der Waals surface area contributed by atoms with Crippen LogP contribution >= 0.6 is 11.6 Å². The van der Waals surface area contributed by atoms with Gasteiger partial charge in [-0.2, -0.15) is 0 Å². The molecule has 2 atom stereocenters. The SMILES string of the molecule is O=C(O)C1CC(O)CN1C(=O)c1cccc(Cl)c1F. The van der Waals surface area contributed by atoms with E-state index in [1.54, 1.807) is 0 Å². The maximum atomic E-state index is 13.7. The van der Waals surface area contributed by atoms with Gasteiger partial charge in [0.05, 0.1) is 16.7 Å². The maximum absolute atomic E-state index is 13.7. The normalized spacial score (nSPS) is 22.6. The molecule has 7 heteroatoms. The number of β-amino-alcohol motifs (C(OH)–C–C–N with tert-alkyl or cyclic N) is 1. The number of hydrogen-bond acceptors (Lipinski definition) is 3. The molecule has 1 amide bonds. The zero-order valence-corrected chi connectivity index (χ0v) is 10.5. The number of carboxylic acids is 1. The van der Waals surface area contributed by atoms with Crippen LogP contribution < -0.4 is 0 Å². The molecule has 2 rings (SSSR count). The molecule has 5 nitrogen and oxygen atoms in total. The van der Waals surface area contributed by atoms with Gasteiger partial charge in [0, 0.05) is 13.0 Å². The van der Waals surface area contributed by atoms with Crippen LogP contribution in [0.4, 0.5) is 4.39 Å². The van der Waals surface area contributed by atoms with Crippen molar-refractivity contribution in [1.82, 2.24) is 4.90 Å². The van der Waals surface area contributed by atoms with E-state index in [4.69, 9.17) is 16.7 Å². The van der Waals surface area contributed by atoms with E-state index in [1.807, 2.05) is 0 Å². The number of nitrogens with zero attached hydrogens (tertiary/aromatic N) is 1. The van der Waals surface area contributed by atoms with Crippen LogP contribution in [0.15, 0.2) is 18.2 Å². The summed E-state index contributed by atoms with van der Waals surface area (Å²) in [5.41, 5.74) is -0.298. The Hall–Kier alpha value is -1.66. The third-order valence-corrected chi connectivity index (χ3v) is 3.30. The van der Waals surface area contributed by atoms with Crippen molar-refractivity contribution in [1.29, 1.82) is 0 Å². The zero-order valence-electron chi connectivity index (χ0n) is 9.72. The molecule has 102 valence electrons. The van der Waals surface area contributed by atoms with E-state index in [0.717, 1.165) is 4.90 Å². The Balaban J connectivity index is 2.33. The molecule has 1 aromatic carbocycles. The Kier molecular flexibility index (Phi) is 3.73. The van der Waals surface area contributed by atoms with Gasteiger partial charge < -0.3 is 15.1 Å². The number of carbonyl (C=O) groups excluding carboxylic acids is 1. The number of benzene rings is 1. The van der Waals surface area contributed by atoms with Crippen molar-refractivity contribution in [3.63, 3.8) is 0 Å². The van der Waals surface area contributed by atoms with Crippen molar-refractivity contribution in [2.24, 2.45) is 0 Å². The number of halogens is 2. The number of aliphatic carboxylic acids is 1. The first-order valence-electron chi connectivity index (χ1n) is 5.57. The Morgan fingerprint density at radius 2 is 2.11 bits per heavy atom. The Morgan fingerprint density at radius 3 is 2.74 bits per heavy atom. The van der Waals surface area contributed by atoms with Crippen molar-refractivity contribution >= 4 is 23.5 Å². The summed E-state index contributed by atoms with van der Waals surface area (Å²) in [5, 5.41) is 18.2. The van der Waals surface area contributed by atoms with Crippen LogP contribution in [0.5, 0.6) is 0 Å². The lowest BCUT2D eigenvalue weighted by Gasteiger charge is -2.21. The van der Waals surface area contributed by atoms with Gasteiger partial charge in [-0.15, -0.1) is 0 Å². The van der Waals surface area contributed by atoms with Gasteiger partial charge in [-0.25, -0.2) is 9.18 Å². The molecule has 0 aliphatic carbocycles. The molecule has 2 N–H and O–H groups in total. The maximum Gasteiger partial charge on any atom is 0.326 e. The number of likely N-dealkylation sites (tertiary alicyclic amines) is 1. The number of amides is 1. The van der Waals surface area contributed by atoms with E-state index in [1.165, 1.54) is 18.2 Å². The lowest BCUT2D eigenvalue weighted by Crippen LogP contribution is -2.40. The molecule has 0 aromatic heterocycles. The molecule has 1 heterocycles. The van der Waals surface area contributed by atoms with Crippen LogP contribution in [0, 0.1) is 5.82 Å². The average Bonchev–Trinajstić information content (AvgIpc) is 2.74. The Morgan fingerprint density at radius 1 is 1.42 bits per heavy atom. The summed E-state index contributed by atoms with van der Waals surface area (Å²) in [6, 6.07) is 2.77. The summed E-state index contributed by atoms with van der Waals surface area (Å²) in [6.45, 7) is -0.137. The molecule has 1 saturated heterocycles. The highest BCUT2D eigenvalue weighted by molar-refractivity contribution is 6.31. The fourth-order valence-corrected chi connectivity index (χ4v) is 2.27. The number of rotatable bonds is 2.